The molecule has 0 bridgehead atoms. The SMILES string of the molecule is CCCCCCCc1ccc(CCc2ccc3c(F)c(CCc4ccc(OC(F)(F)F)cc4)ccc3c2)cc1. The summed E-state index contributed by atoms with van der Waals surface area (Å²) in [5, 5.41) is 1.47. The van der Waals surface area contributed by atoms with Crippen LogP contribution >= 0.6 is 0 Å². The lowest BCUT2D eigenvalue weighted by atomic mass is 9.97. The molecule has 0 radical (unpaired) electrons. The van der Waals surface area contributed by atoms with Crippen molar-refractivity contribution in [2.24, 2.45) is 0 Å². The molecule has 39 heavy (non-hydrogen) atoms. The van der Waals surface area contributed by atoms with Gasteiger partial charge in [0.1, 0.15) is 11.6 Å². The first-order valence-electron chi connectivity index (χ1n) is 13.9. The van der Waals surface area contributed by atoms with Gasteiger partial charge in [0.05, 0.1) is 0 Å². The minimum atomic E-state index is -4.71. The van der Waals surface area contributed by atoms with Crippen molar-refractivity contribution in [3.05, 3.63) is 112 Å². The molecule has 206 valence electrons. The van der Waals surface area contributed by atoms with Crippen LogP contribution in [0.15, 0.2) is 78.9 Å². The van der Waals surface area contributed by atoms with Crippen LogP contribution < -0.4 is 4.74 Å². The lowest BCUT2D eigenvalue weighted by Gasteiger charge is -2.11. The predicted molar refractivity (Wildman–Crippen MR) is 151 cm³/mol. The minimum absolute atomic E-state index is 0.235. The standard InChI is InChI=1S/C34H36F4O/c1-2-3-4-5-6-7-25-8-10-26(11-9-25)12-13-28-17-23-32-30(24-28)20-19-29(33(32)35)18-14-27-15-21-31(22-16-27)39-34(36,37)38/h8-11,15-17,19-24H,2-7,12-14,18H2,1H3. The van der Waals surface area contributed by atoms with Crippen molar-refractivity contribution in [1.82, 2.24) is 0 Å². The van der Waals surface area contributed by atoms with E-state index in [0.29, 0.717) is 23.8 Å². The summed E-state index contributed by atoms with van der Waals surface area (Å²) in [5.74, 6) is -0.495. The van der Waals surface area contributed by atoms with E-state index < -0.39 is 6.36 Å². The van der Waals surface area contributed by atoms with Gasteiger partial charge in [-0.1, -0.05) is 99.3 Å². The summed E-state index contributed by atoms with van der Waals surface area (Å²) in [6.07, 6.45) is 5.72. The van der Waals surface area contributed by atoms with Crippen molar-refractivity contribution in [3.63, 3.8) is 0 Å². The number of rotatable bonds is 13. The van der Waals surface area contributed by atoms with E-state index >= 15 is 4.39 Å². The highest BCUT2D eigenvalue weighted by Crippen LogP contribution is 2.26. The summed E-state index contributed by atoms with van der Waals surface area (Å²) in [4.78, 5) is 0. The van der Waals surface area contributed by atoms with E-state index in [2.05, 4.69) is 42.0 Å². The first-order chi connectivity index (χ1) is 18.8. The van der Waals surface area contributed by atoms with Crippen molar-refractivity contribution in [2.45, 2.75) is 77.5 Å². The fourth-order valence-corrected chi connectivity index (χ4v) is 4.97. The third-order valence-corrected chi connectivity index (χ3v) is 7.23. The molecule has 4 aromatic carbocycles. The van der Waals surface area contributed by atoms with E-state index in [0.717, 1.165) is 30.2 Å². The summed E-state index contributed by atoms with van der Waals surface area (Å²) >= 11 is 0. The van der Waals surface area contributed by atoms with Crippen LogP contribution in [0.4, 0.5) is 17.6 Å². The molecule has 4 aromatic rings. The van der Waals surface area contributed by atoms with Crippen LogP contribution in [0.25, 0.3) is 10.8 Å². The third-order valence-electron chi connectivity index (χ3n) is 7.23. The second kappa shape index (κ2) is 13.6. The Balaban J connectivity index is 1.30. The van der Waals surface area contributed by atoms with Crippen molar-refractivity contribution >= 4 is 10.8 Å². The molecule has 0 aliphatic rings. The number of unbranched alkanes of at least 4 members (excludes halogenated alkanes) is 4. The number of hydrogen-bond acceptors (Lipinski definition) is 1. The van der Waals surface area contributed by atoms with Gasteiger partial charge in [-0.15, -0.1) is 13.2 Å². The molecule has 0 spiro atoms. The minimum Gasteiger partial charge on any atom is -0.406 e. The molecule has 0 unspecified atom stereocenters. The molecular weight excluding hydrogens is 500 g/mol. The second-order valence-electron chi connectivity index (χ2n) is 10.3. The number of halogens is 4. The maximum atomic E-state index is 15.2. The van der Waals surface area contributed by atoms with E-state index in [9.17, 15) is 13.2 Å². The topological polar surface area (TPSA) is 9.23 Å². The van der Waals surface area contributed by atoms with E-state index in [1.807, 2.05) is 24.3 Å². The Morgan fingerprint density at radius 3 is 1.82 bits per heavy atom. The number of fused-ring (bicyclic) bond motifs is 1. The molecule has 5 heteroatoms. The van der Waals surface area contributed by atoms with E-state index in [1.165, 1.54) is 60.9 Å². The summed E-state index contributed by atoms with van der Waals surface area (Å²) in [7, 11) is 0. The van der Waals surface area contributed by atoms with Gasteiger partial charge in [-0.3, -0.25) is 0 Å². The lowest BCUT2D eigenvalue weighted by molar-refractivity contribution is -0.274. The molecule has 1 nitrogen and oxygen atoms in total. The smallest absolute Gasteiger partial charge is 0.406 e. The van der Waals surface area contributed by atoms with Gasteiger partial charge in [0.15, 0.2) is 0 Å². The molecule has 0 fully saturated rings. The zero-order chi connectivity index (χ0) is 27.7. The Labute approximate surface area is 228 Å². The van der Waals surface area contributed by atoms with Crippen LogP contribution in [0.2, 0.25) is 0 Å². The molecular formula is C34H36F4O. The van der Waals surface area contributed by atoms with Gasteiger partial charge in [-0.05, 0) is 83.9 Å². The van der Waals surface area contributed by atoms with Gasteiger partial charge in [-0.2, -0.15) is 0 Å². The van der Waals surface area contributed by atoms with Gasteiger partial charge < -0.3 is 4.74 Å². The largest absolute Gasteiger partial charge is 0.573 e. The summed E-state index contributed by atoms with van der Waals surface area (Å²) < 4.78 is 56.2. The van der Waals surface area contributed by atoms with Crippen LogP contribution in [0, 0.1) is 5.82 Å². The second-order valence-corrected chi connectivity index (χ2v) is 10.3. The Morgan fingerprint density at radius 1 is 0.590 bits per heavy atom. The normalized spacial score (nSPS) is 11.7. The van der Waals surface area contributed by atoms with Crippen LogP contribution in [0.3, 0.4) is 0 Å². The fraction of sp³-hybridized carbons (Fsp3) is 0.353. The molecule has 0 aliphatic heterocycles. The Kier molecular flexibility index (Phi) is 10.0. The Hall–Kier alpha value is -3.34. The Morgan fingerprint density at radius 2 is 1.15 bits per heavy atom. The average molecular weight is 537 g/mol. The highest BCUT2D eigenvalue weighted by molar-refractivity contribution is 5.84. The monoisotopic (exact) mass is 536 g/mol. The highest BCUT2D eigenvalue weighted by Gasteiger charge is 2.30. The van der Waals surface area contributed by atoms with Crippen LogP contribution in [-0.4, -0.2) is 6.36 Å². The van der Waals surface area contributed by atoms with Crippen LogP contribution in [0.5, 0.6) is 5.75 Å². The number of ether oxygens (including phenoxy) is 1. The van der Waals surface area contributed by atoms with Crippen molar-refractivity contribution in [3.8, 4) is 5.75 Å². The van der Waals surface area contributed by atoms with E-state index in [1.54, 1.807) is 12.1 Å². The number of hydrogen-bond donors (Lipinski definition) is 0. The van der Waals surface area contributed by atoms with E-state index in [-0.39, 0.29) is 11.6 Å². The first-order valence-corrected chi connectivity index (χ1v) is 13.9. The van der Waals surface area contributed by atoms with Crippen molar-refractivity contribution in [1.29, 1.82) is 0 Å². The van der Waals surface area contributed by atoms with Crippen LogP contribution in [0.1, 0.15) is 66.8 Å². The predicted octanol–water partition coefficient (Wildman–Crippen LogP) is 9.96. The van der Waals surface area contributed by atoms with Gasteiger partial charge in [0.2, 0.25) is 0 Å². The van der Waals surface area contributed by atoms with Crippen molar-refractivity contribution in [2.75, 3.05) is 0 Å². The van der Waals surface area contributed by atoms with Crippen molar-refractivity contribution < 1.29 is 22.3 Å². The van der Waals surface area contributed by atoms with Gasteiger partial charge >= 0.3 is 6.36 Å². The number of benzene rings is 4. The molecule has 0 saturated carbocycles. The molecule has 0 aromatic heterocycles. The number of aryl methyl sites for hydroxylation is 5. The summed E-state index contributed by atoms with van der Waals surface area (Å²) in [6, 6.07) is 24.3. The molecule has 0 saturated heterocycles. The van der Waals surface area contributed by atoms with E-state index in [4.69, 9.17) is 0 Å². The van der Waals surface area contributed by atoms with Gasteiger partial charge in [0.25, 0.3) is 0 Å². The van der Waals surface area contributed by atoms with Crippen LogP contribution in [-0.2, 0) is 32.1 Å². The molecule has 4 rings (SSSR count). The van der Waals surface area contributed by atoms with Gasteiger partial charge in [-0.25, -0.2) is 4.39 Å². The highest BCUT2D eigenvalue weighted by atomic mass is 19.4. The summed E-state index contributed by atoms with van der Waals surface area (Å²) in [6.45, 7) is 2.24. The summed E-state index contributed by atoms with van der Waals surface area (Å²) in [5.41, 5.74) is 5.30. The zero-order valence-electron chi connectivity index (χ0n) is 22.5. The van der Waals surface area contributed by atoms with Gasteiger partial charge in [0, 0.05) is 5.39 Å². The maximum Gasteiger partial charge on any atom is 0.573 e. The average Bonchev–Trinajstić information content (AvgIpc) is 2.92. The third kappa shape index (κ3) is 8.84. The maximum absolute atomic E-state index is 15.2. The number of alkyl halides is 3. The molecule has 0 aliphatic carbocycles. The molecule has 0 N–H and O–H groups in total. The zero-order valence-corrected chi connectivity index (χ0v) is 22.5. The first kappa shape index (κ1) is 28.7. The molecule has 0 atom stereocenters. The quantitative estimate of drug-likeness (QED) is 0.122. The lowest BCUT2D eigenvalue weighted by Crippen LogP contribution is -2.17. The fourth-order valence-electron chi connectivity index (χ4n) is 4.97. The molecule has 0 amide bonds. The Bertz CT molecular complexity index is 1320. The molecule has 0 heterocycles.